The van der Waals surface area contributed by atoms with E-state index >= 15 is 0 Å². The van der Waals surface area contributed by atoms with Crippen LogP contribution in [0, 0.1) is 18.6 Å². The maximum absolute atomic E-state index is 13.8. The smallest absolute Gasteiger partial charge is 0.267 e. The summed E-state index contributed by atoms with van der Waals surface area (Å²) in [5.41, 5.74) is 0.998. The Kier molecular flexibility index (Phi) is 4.25. The van der Waals surface area contributed by atoms with Crippen molar-refractivity contribution < 1.29 is 8.78 Å². The summed E-state index contributed by atoms with van der Waals surface area (Å²) in [5.74, 6) is -1.07. The second kappa shape index (κ2) is 6.45. The molecular weight excluding hydrogens is 360 g/mol. The Labute approximate surface area is 153 Å². The van der Waals surface area contributed by atoms with Crippen molar-refractivity contribution in [3.8, 4) is 5.69 Å². The highest BCUT2D eigenvalue weighted by molar-refractivity contribution is 6.35. The van der Waals surface area contributed by atoms with Crippen LogP contribution < -0.4 is 10.9 Å². The van der Waals surface area contributed by atoms with Crippen molar-refractivity contribution in [2.45, 2.75) is 25.8 Å². The van der Waals surface area contributed by atoms with Gasteiger partial charge in [0.1, 0.15) is 17.5 Å². The van der Waals surface area contributed by atoms with Gasteiger partial charge in [-0.1, -0.05) is 17.7 Å². The van der Waals surface area contributed by atoms with Crippen LogP contribution in [0.15, 0.2) is 35.1 Å². The predicted octanol–water partition coefficient (Wildman–Crippen LogP) is 4.05. The summed E-state index contributed by atoms with van der Waals surface area (Å²) in [6.45, 7) is 2.65. The molecule has 7 heteroatoms. The van der Waals surface area contributed by atoms with E-state index in [1.807, 2.05) is 6.92 Å². The molecule has 2 heterocycles. The number of benzene rings is 2. The van der Waals surface area contributed by atoms with Crippen molar-refractivity contribution in [1.29, 1.82) is 0 Å². The summed E-state index contributed by atoms with van der Waals surface area (Å²) >= 11 is 6.25. The minimum Gasteiger partial charge on any atom is -0.307 e. The molecule has 134 valence electrons. The summed E-state index contributed by atoms with van der Waals surface area (Å²) in [6.07, 6.45) is 1.72. The van der Waals surface area contributed by atoms with E-state index in [1.54, 1.807) is 12.1 Å². The lowest BCUT2D eigenvalue weighted by Crippen LogP contribution is -2.29. The Morgan fingerprint density at radius 3 is 2.62 bits per heavy atom. The molecule has 4 rings (SSSR count). The van der Waals surface area contributed by atoms with Crippen molar-refractivity contribution in [3.05, 3.63) is 68.7 Å². The number of hydrogen-bond donors (Lipinski definition) is 1. The van der Waals surface area contributed by atoms with Crippen LogP contribution in [-0.4, -0.2) is 16.1 Å². The second-order valence-corrected chi connectivity index (χ2v) is 6.88. The fourth-order valence-corrected chi connectivity index (χ4v) is 3.69. The normalized spacial score (nSPS) is 17.2. The summed E-state index contributed by atoms with van der Waals surface area (Å²) in [7, 11) is 0. The molecule has 0 radical (unpaired) electrons. The van der Waals surface area contributed by atoms with Gasteiger partial charge in [0, 0.05) is 6.07 Å². The monoisotopic (exact) mass is 375 g/mol. The Balaban J connectivity index is 2.12. The standard InChI is InChI=1S/C19H16ClF2N3O/c1-10-4-5-14(20)16-17(10)24-18(15-3-2-6-23-15)25(19(16)26)13-8-11(21)7-12(22)9-13/h4-5,7-9,15,23H,2-3,6H2,1H3/t15-/m0/s1. The van der Waals surface area contributed by atoms with Crippen molar-refractivity contribution in [3.63, 3.8) is 0 Å². The van der Waals surface area contributed by atoms with E-state index < -0.39 is 17.2 Å². The van der Waals surface area contributed by atoms with Crippen LogP contribution in [0.5, 0.6) is 0 Å². The minimum absolute atomic E-state index is 0.100. The molecule has 26 heavy (non-hydrogen) atoms. The van der Waals surface area contributed by atoms with Gasteiger partial charge in [-0.05, 0) is 50.1 Å². The molecule has 2 aromatic carbocycles. The van der Waals surface area contributed by atoms with E-state index in [1.165, 1.54) is 4.57 Å². The molecule has 1 fully saturated rings. The first-order chi connectivity index (χ1) is 12.5. The largest absolute Gasteiger partial charge is 0.307 e. The summed E-state index contributed by atoms with van der Waals surface area (Å²) in [4.78, 5) is 18.0. The summed E-state index contributed by atoms with van der Waals surface area (Å²) in [5, 5.41) is 3.81. The molecule has 0 aliphatic carbocycles. The topological polar surface area (TPSA) is 46.9 Å². The van der Waals surface area contributed by atoms with Crippen LogP contribution >= 0.6 is 11.6 Å². The molecule has 1 saturated heterocycles. The lowest BCUT2D eigenvalue weighted by Gasteiger charge is -2.19. The Hall–Kier alpha value is -2.31. The van der Waals surface area contributed by atoms with Crippen LogP contribution in [0.2, 0.25) is 5.02 Å². The molecule has 1 N–H and O–H groups in total. The second-order valence-electron chi connectivity index (χ2n) is 6.48. The maximum Gasteiger partial charge on any atom is 0.267 e. The molecule has 1 atom stereocenters. The van der Waals surface area contributed by atoms with Gasteiger partial charge in [0.2, 0.25) is 0 Å². The number of aromatic nitrogens is 2. The molecule has 0 saturated carbocycles. The molecule has 4 nitrogen and oxygen atoms in total. The third-order valence-corrected chi connectivity index (χ3v) is 4.99. The van der Waals surface area contributed by atoms with E-state index in [0.29, 0.717) is 11.3 Å². The lowest BCUT2D eigenvalue weighted by atomic mass is 10.1. The zero-order valence-corrected chi connectivity index (χ0v) is 14.8. The van der Waals surface area contributed by atoms with Gasteiger partial charge in [-0.25, -0.2) is 13.8 Å². The molecule has 1 aromatic heterocycles. The number of hydrogen-bond acceptors (Lipinski definition) is 3. The van der Waals surface area contributed by atoms with Crippen molar-refractivity contribution in [2.75, 3.05) is 6.54 Å². The molecule has 1 aliphatic rings. The predicted molar refractivity (Wildman–Crippen MR) is 97.0 cm³/mol. The van der Waals surface area contributed by atoms with E-state index in [-0.39, 0.29) is 22.1 Å². The Bertz CT molecular complexity index is 1050. The van der Waals surface area contributed by atoms with Gasteiger partial charge in [-0.3, -0.25) is 9.36 Å². The molecule has 0 unspecified atom stereocenters. The molecule has 0 spiro atoms. The summed E-state index contributed by atoms with van der Waals surface area (Å²) < 4.78 is 28.9. The van der Waals surface area contributed by atoms with E-state index in [0.717, 1.165) is 43.1 Å². The Morgan fingerprint density at radius 1 is 1.23 bits per heavy atom. The van der Waals surface area contributed by atoms with Crippen LogP contribution in [-0.2, 0) is 0 Å². The molecular formula is C19H16ClF2N3O. The van der Waals surface area contributed by atoms with Crippen LogP contribution in [0.4, 0.5) is 8.78 Å². The highest BCUT2D eigenvalue weighted by Gasteiger charge is 2.25. The van der Waals surface area contributed by atoms with Gasteiger partial charge in [-0.2, -0.15) is 0 Å². The van der Waals surface area contributed by atoms with Gasteiger partial charge < -0.3 is 5.32 Å². The summed E-state index contributed by atoms with van der Waals surface area (Å²) in [6, 6.07) is 6.28. The third kappa shape index (κ3) is 2.79. The first-order valence-corrected chi connectivity index (χ1v) is 8.75. The van der Waals surface area contributed by atoms with Gasteiger partial charge in [0.15, 0.2) is 0 Å². The SMILES string of the molecule is Cc1ccc(Cl)c2c(=O)n(-c3cc(F)cc(F)c3)c([C@@H]3CCCN3)nc12. The average molecular weight is 376 g/mol. The fraction of sp³-hybridized carbons (Fsp3) is 0.263. The van der Waals surface area contributed by atoms with Crippen LogP contribution in [0.3, 0.4) is 0 Å². The number of fused-ring (bicyclic) bond motifs is 1. The fourth-order valence-electron chi connectivity index (χ4n) is 3.46. The number of nitrogens with zero attached hydrogens (tertiary/aromatic N) is 2. The Morgan fingerprint density at radius 2 is 1.96 bits per heavy atom. The molecule has 0 amide bonds. The highest BCUT2D eigenvalue weighted by atomic mass is 35.5. The molecule has 1 aliphatic heterocycles. The zero-order valence-electron chi connectivity index (χ0n) is 14.0. The van der Waals surface area contributed by atoms with E-state index in [4.69, 9.17) is 11.6 Å². The lowest BCUT2D eigenvalue weighted by molar-refractivity contribution is 0.568. The number of aryl methyl sites for hydroxylation is 1. The number of rotatable bonds is 2. The maximum atomic E-state index is 13.8. The average Bonchev–Trinajstić information content (AvgIpc) is 3.11. The number of nitrogens with one attached hydrogen (secondary N) is 1. The third-order valence-electron chi connectivity index (χ3n) is 4.68. The highest BCUT2D eigenvalue weighted by Crippen LogP contribution is 2.28. The zero-order chi connectivity index (χ0) is 18.4. The van der Waals surface area contributed by atoms with Gasteiger partial charge >= 0.3 is 0 Å². The van der Waals surface area contributed by atoms with Crippen LogP contribution in [0.25, 0.3) is 16.6 Å². The van der Waals surface area contributed by atoms with Crippen LogP contribution in [0.1, 0.15) is 30.3 Å². The van der Waals surface area contributed by atoms with Gasteiger partial charge in [-0.15, -0.1) is 0 Å². The minimum atomic E-state index is -0.757. The first-order valence-electron chi connectivity index (χ1n) is 8.37. The van der Waals surface area contributed by atoms with Gasteiger partial charge in [0.25, 0.3) is 5.56 Å². The molecule has 3 aromatic rings. The van der Waals surface area contributed by atoms with Gasteiger partial charge in [0.05, 0.1) is 27.7 Å². The first kappa shape index (κ1) is 17.1. The van der Waals surface area contributed by atoms with E-state index in [9.17, 15) is 13.6 Å². The van der Waals surface area contributed by atoms with Crippen molar-refractivity contribution in [2.24, 2.45) is 0 Å². The number of halogens is 3. The molecule has 0 bridgehead atoms. The van der Waals surface area contributed by atoms with Crippen molar-refractivity contribution >= 4 is 22.5 Å². The van der Waals surface area contributed by atoms with E-state index in [2.05, 4.69) is 10.3 Å². The quantitative estimate of drug-likeness (QED) is 0.735. The van der Waals surface area contributed by atoms with Crippen molar-refractivity contribution in [1.82, 2.24) is 14.9 Å².